The maximum Gasteiger partial charge on any atom is 0.408 e. The number of rotatable bonds is 3. The van der Waals surface area contributed by atoms with Crippen LogP contribution in [0.25, 0.3) is 0 Å². The summed E-state index contributed by atoms with van der Waals surface area (Å²) in [6.07, 6.45) is 0.898. The monoisotopic (exact) mass is 342 g/mol. The van der Waals surface area contributed by atoms with E-state index < -0.39 is 6.09 Å². The Labute approximate surface area is 144 Å². The first-order valence-corrected chi connectivity index (χ1v) is 8.49. The molecule has 2 aromatic rings. The molecule has 0 radical (unpaired) electrons. The molecule has 124 valence electrons. The minimum absolute atomic E-state index is 0.201. The Morgan fingerprint density at radius 3 is 2.71 bits per heavy atom. The number of aryl methyl sites for hydroxylation is 1. The van der Waals surface area contributed by atoms with Crippen LogP contribution in [0.4, 0.5) is 10.5 Å². The minimum Gasteiger partial charge on any atom is -0.445 e. The van der Waals surface area contributed by atoms with E-state index in [0.29, 0.717) is 22.7 Å². The highest BCUT2D eigenvalue weighted by Crippen LogP contribution is 2.21. The molecule has 5 nitrogen and oxygen atoms in total. The molecule has 1 heterocycles. The molecule has 0 bridgehead atoms. The van der Waals surface area contributed by atoms with Crippen LogP contribution in [0.2, 0.25) is 0 Å². The van der Waals surface area contributed by atoms with Crippen molar-refractivity contribution in [2.45, 2.75) is 25.5 Å². The summed E-state index contributed by atoms with van der Waals surface area (Å²) < 4.78 is 16.7. The number of fused-ring (bicyclic) bond motifs is 1. The highest BCUT2D eigenvalue weighted by atomic mass is 32.1. The first kappa shape index (κ1) is 16.3. The van der Waals surface area contributed by atoms with E-state index in [1.54, 1.807) is 0 Å². The van der Waals surface area contributed by atoms with Gasteiger partial charge in [0, 0.05) is 5.69 Å². The van der Waals surface area contributed by atoms with Gasteiger partial charge in [-0.1, -0.05) is 48.5 Å². The minimum atomic E-state index is -0.525. The van der Waals surface area contributed by atoms with Gasteiger partial charge in [0.25, 0.3) is 0 Å². The maximum atomic E-state index is 12.0. The molecule has 2 aromatic carbocycles. The van der Waals surface area contributed by atoms with E-state index in [1.807, 2.05) is 54.6 Å². The smallest absolute Gasteiger partial charge is 0.408 e. The van der Waals surface area contributed by atoms with Gasteiger partial charge in [0.1, 0.15) is 22.9 Å². The number of para-hydroxylation sites is 1. The summed E-state index contributed by atoms with van der Waals surface area (Å²) in [7, 11) is 0. The molecule has 0 aliphatic carbocycles. The lowest BCUT2D eigenvalue weighted by Gasteiger charge is -2.17. The molecule has 1 aliphatic heterocycles. The fourth-order valence-corrected chi connectivity index (χ4v) is 3.08. The van der Waals surface area contributed by atoms with Crippen LogP contribution < -0.4 is 10.6 Å². The van der Waals surface area contributed by atoms with Gasteiger partial charge in [-0.25, -0.2) is 9.00 Å². The van der Waals surface area contributed by atoms with Gasteiger partial charge in [-0.2, -0.15) is 0 Å². The molecular formula is C18H18N2O3S. The fraction of sp³-hybridized carbons (Fsp3) is 0.222. The summed E-state index contributed by atoms with van der Waals surface area (Å²) in [4.78, 5) is 12.5. The first-order chi connectivity index (χ1) is 11.8. The van der Waals surface area contributed by atoms with Crippen LogP contribution in [0, 0.1) is 0 Å². The standard InChI is InChI=1S/C18H18N2O3S/c21-18(23-12-13-6-2-1-3-7-13)20-16-11-10-14-8-4-5-9-15(14)19-17(16)24-22/h1-9,16,19H,10-12H2,(H,20,21)/t16-/m0/s1. The number of carbonyl (C=O) groups is 1. The van der Waals surface area contributed by atoms with Gasteiger partial charge in [-0.15, -0.1) is 0 Å². The number of hydrogen-bond acceptors (Lipinski definition) is 3. The van der Waals surface area contributed by atoms with Gasteiger partial charge in [-0.05, 0) is 30.0 Å². The summed E-state index contributed by atoms with van der Waals surface area (Å²) in [5, 5.41) is 5.92. The zero-order chi connectivity index (χ0) is 16.8. The van der Waals surface area contributed by atoms with Crippen LogP contribution in [0.15, 0.2) is 54.6 Å². The van der Waals surface area contributed by atoms with Crippen LogP contribution >= 0.6 is 0 Å². The van der Waals surface area contributed by atoms with Gasteiger partial charge < -0.3 is 15.4 Å². The number of nitrogens with one attached hydrogen (secondary N) is 2. The Kier molecular flexibility index (Phi) is 5.28. The summed E-state index contributed by atoms with van der Waals surface area (Å²) in [6.45, 7) is 0.201. The lowest BCUT2D eigenvalue weighted by Crippen LogP contribution is -2.43. The van der Waals surface area contributed by atoms with Crippen molar-refractivity contribution in [1.82, 2.24) is 5.32 Å². The molecule has 0 saturated heterocycles. The van der Waals surface area contributed by atoms with Gasteiger partial charge in [-0.3, -0.25) is 0 Å². The number of alkyl carbamates (subject to hydrolysis) is 1. The molecule has 2 N–H and O–H groups in total. The molecule has 0 saturated carbocycles. The number of hydrogen-bond donors (Lipinski definition) is 2. The number of carbonyl (C=O) groups excluding carboxylic acids is 1. The average molecular weight is 342 g/mol. The quantitative estimate of drug-likeness (QED) is 0.842. The molecule has 0 unspecified atom stereocenters. The fourth-order valence-electron chi connectivity index (χ4n) is 2.63. The molecule has 3 rings (SSSR count). The summed E-state index contributed by atoms with van der Waals surface area (Å²) in [5.41, 5.74) is 2.96. The Bertz CT molecular complexity index is 773. The lowest BCUT2D eigenvalue weighted by molar-refractivity contribution is 0.138. The predicted octanol–water partition coefficient (Wildman–Crippen LogP) is 2.68. The van der Waals surface area contributed by atoms with Gasteiger partial charge in [0.15, 0.2) is 0 Å². The third-order valence-corrected chi connectivity index (χ3v) is 4.45. The van der Waals surface area contributed by atoms with Crippen LogP contribution in [0.5, 0.6) is 0 Å². The molecule has 1 atom stereocenters. The van der Waals surface area contributed by atoms with E-state index in [2.05, 4.69) is 10.6 Å². The van der Waals surface area contributed by atoms with E-state index in [4.69, 9.17) is 4.74 Å². The second-order valence-corrected chi connectivity index (χ2v) is 6.13. The molecular weight excluding hydrogens is 324 g/mol. The molecule has 6 heteroatoms. The van der Waals surface area contributed by atoms with Gasteiger partial charge in [0.2, 0.25) is 0 Å². The molecule has 1 amide bonds. The molecule has 0 fully saturated rings. The Morgan fingerprint density at radius 1 is 1.17 bits per heavy atom. The van der Waals surface area contributed by atoms with E-state index in [1.165, 1.54) is 0 Å². The van der Waals surface area contributed by atoms with Crippen molar-refractivity contribution in [3.05, 3.63) is 65.7 Å². The van der Waals surface area contributed by atoms with Crippen molar-refractivity contribution >= 4 is 28.0 Å². The van der Waals surface area contributed by atoms with Crippen molar-refractivity contribution in [3.8, 4) is 0 Å². The van der Waals surface area contributed by atoms with Crippen molar-refractivity contribution < 1.29 is 13.7 Å². The largest absolute Gasteiger partial charge is 0.445 e. The topological polar surface area (TPSA) is 67.4 Å². The van der Waals surface area contributed by atoms with Crippen molar-refractivity contribution in [3.63, 3.8) is 0 Å². The molecule has 1 aliphatic rings. The van der Waals surface area contributed by atoms with E-state index in [-0.39, 0.29) is 12.6 Å². The van der Waals surface area contributed by atoms with Crippen LogP contribution in [-0.2, 0) is 29.0 Å². The Balaban J connectivity index is 1.62. The lowest BCUT2D eigenvalue weighted by atomic mass is 10.1. The summed E-state index contributed by atoms with van der Waals surface area (Å²) >= 11 is 0.373. The van der Waals surface area contributed by atoms with Gasteiger partial charge in [0.05, 0.1) is 6.04 Å². The van der Waals surface area contributed by atoms with Crippen LogP contribution in [0.3, 0.4) is 0 Å². The SMILES string of the molecule is O=S=C1Nc2ccccc2CC[C@@H]1NC(=O)OCc1ccccc1. The third kappa shape index (κ3) is 4.02. The van der Waals surface area contributed by atoms with Crippen molar-refractivity contribution in [1.29, 1.82) is 0 Å². The van der Waals surface area contributed by atoms with E-state index in [9.17, 15) is 9.00 Å². The van der Waals surface area contributed by atoms with Crippen molar-refractivity contribution in [2.24, 2.45) is 0 Å². The summed E-state index contributed by atoms with van der Waals surface area (Å²) in [5.74, 6) is 0. The number of amides is 1. The summed E-state index contributed by atoms with van der Waals surface area (Å²) in [6, 6.07) is 16.9. The number of benzene rings is 2. The van der Waals surface area contributed by atoms with Crippen LogP contribution in [0.1, 0.15) is 17.5 Å². The first-order valence-electron chi connectivity index (χ1n) is 7.75. The second kappa shape index (κ2) is 7.79. The number of ether oxygens (including phenoxy) is 1. The molecule has 0 spiro atoms. The third-order valence-electron chi connectivity index (χ3n) is 3.89. The Hall–Kier alpha value is -2.60. The van der Waals surface area contributed by atoms with Crippen LogP contribution in [-0.4, -0.2) is 21.3 Å². The second-order valence-electron chi connectivity index (χ2n) is 5.53. The zero-order valence-electron chi connectivity index (χ0n) is 13.0. The molecule has 24 heavy (non-hydrogen) atoms. The molecule has 0 aromatic heterocycles. The highest BCUT2D eigenvalue weighted by Gasteiger charge is 2.23. The zero-order valence-corrected chi connectivity index (χ0v) is 13.8. The number of anilines is 1. The van der Waals surface area contributed by atoms with Crippen molar-refractivity contribution in [2.75, 3.05) is 5.32 Å². The predicted molar refractivity (Wildman–Crippen MR) is 95.1 cm³/mol. The Morgan fingerprint density at radius 2 is 1.92 bits per heavy atom. The maximum absolute atomic E-state index is 12.0. The van der Waals surface area contributed by atoms with E-state index >= 15 is 0 Å². The van der Waals surface area contributed by atoms with Gasteiger partial charge >= 0.3 is 6.09 Å². The van der Waals surface area contributed by atoms with E-state index in [0.717, 1.165) is 23.2 Å². The average Bonchev–Trinajstić information content (AvgIpc) is 2.80. The normalized spacial score (nSPS) is 16.3. The highest BCUT2D eigenvalue weighted by molar-refractivity contribution is 7.66.